The Labute approximate surface area is 169 Å². The van der Waals surface area contributed by atoms with Crippen LogP contribution in [0.4, 0.5) is 0 Å². The van der Waals surface area contributed by atoms with Crippen molar-refractivity contribution in [3.05, 3.63) is 34.9 Å². The Bertz CT molecular complexity index is 719. The molecule has 8 heteroatoms. The van der Waals surface area contributed by atoms with Gasteiger partial charge in [0, 0.05) is 43.3 Å². The molecule has 0 unspecified atom stereocenters. The molecule has 2 heterocycles. The average Bonchev–Trinajstić information content (AvgIpc) is 3.37. The van der Waals surface area contributed by atoms with Crippen molar-refractivity contribution in [2.24, 2.45) is 0 Å². The molecule has 0 bridgehead atoms. The van der Waals surface area contributed by atoms with Crippen LogP contribution < -0.4 is 15.7 Å². The lowest BCUT2D eigenvalue weighted by atomic mass is 9.94. The third-order valence-corrected chi connectivity index (χ3v) is 5.89. The number of nitrogens with two attached hydrogens (primary N) is 1. The van der Waals surface area contributed by atoms with Gasteiger partial charge in [-0.3, -0.25) is 9.59 Å². The van der Waals surface area contributed by atoms with Gasteiger partial charge in [0.2, 0.25) is 5.91 Å². The molecule has 0 aromatic heterocycles. The minimum atomic E-state index is -1.21. The molecular formula is C20H26ClN3O4. The Morgan fingerprint density at radius 1 is 1.21 bits per heavy atom. The molecule has 0 radical (unpaired) electrons. The fourth-order valence-corrected chi connectivity index (χ4v) is 4.17. The standard InChI is InChI=1S/C20H26ClN3O4/c21-15-7-5-13(6-8-15)14(12-23-19(26)16-3-1-9-22-16)11-18(25)24-10-2-4-17(24)20(27)28/h5-8,14,16-17,22H,1-4,9-12H2,(H,23,26)(H,27,28)/t14-,16-,17-/m0/s1. The van der Waals surface area contributed by atoms with Gasteiger partial charge in [-0.05, 0) is 30.5 Å². The summed E-state index contributed by atoms with van der Waals surface area (Å²) in [7, 11) is 0. The molecule has 152 valence electrons. The van der Waals surface area contributed by atoms with Crippen LogP contribution in [0.3, 0.4) is 0 Å². The fraction of sp³-hybridized carbons (Fsp3) is 0.550. The van der Waals surface area contributed by atoms with Crippen LogP contribution in [0, 0.1) is 0 Å². The summed E-state index contributed by atoms with van der Waals surface area (Å²) < 4.78 is 0. The zero-order chi connectivity index (χ0) is 20.1. The number of nitrogens with one attached hydrogen (secondary N) is 1. The van der Waals surface area contributed by atoms with E-state index in [0.717, 1.165) is 24.9 Å². The van der Waals surface area contributed by atoms with E-state index in [-0.39, 0.29) is 30.2 Å². The number of likely N-dealkylation sites (tertiary alicyclic amines) is 1. The van der Waals surface area contributed by atoms with E-state index in [0.29, 0.717) is 31.0 Å². The van der Waals surface area contributed by atoms with E-state index in [1.54, 1.807) is 12.1 Å². The summed E-state index contributed by atoms with van der Waals surface area (Å²) in [5, 5.41) is 16.9. The average molecular weight is 408 g/mol. The maximum absolute atomic E-state index is 12.8. The second-order valence-electron chi connectivity index (χ2n) is 7.54. The topological polar surface area (TPSA) is 106 Å². The molecule has 3 N–H and O–H groups in total. The zero-order valence-corrected chi connectivity index (χ0v) is 16.5. The number of carboxylic acids is 1. The van der Waals surface area contributed by atoms with Crippen molar-refractivity contribution < 1.29 is 24.8 Å². The molecule has 2 amide bonds. The minimum absolute atomic E-state index is 0.0160. The van der Waals surface area contributed by atoms with Crippen LogP contribution in [0.2, 0.25) is 5.02 Å². The number of aliphatic carboxylic acids is 1. The van der Waals surface area contributed by atoms with Gasteiger partial charge < -0.3 is 25.4 Å². The second-order valence-corrected chi connectivity index (χ2v) is 7.97. The van der Waals surface area contributed by atoms with Gasteiger partial charge in [0.15, 0.2) is 6.04 Å². The number of hydrogen-bond donors (Lipinski definition) is 2. The van der Waals surface area contributed by atoms with Crippen LogP contribution >= 0.6 is 11.6 Å². The van der Waals surface area contributed by atoms with Crippen LogP contribution in [0.25, 0.3) is 0 Å². The fourth-order valence-electron chi connectivity index (χ4n) is 4.05. The molecule has 2 saturated heterocycles. The van der Waals surface area contributed by atoms with E-state index < -0.39 is 12.0 Å². The summed E-state index contributed by atoms with van der Waals surface area (Å²) in [5.41, 5.74) is 0.887. The molecule has 1 aromatic rings. The summed E-state index contributed by atoms with van der Waals surface area (Å²) in [4.78, 5) is 37.9. The molecule has 28 heavy (non-hydrogen) atoms. The second kappa shape index (κ2) is 9.39. The SMILES string of the molecule is O=C(NC[C@H](CC(=O)N1CCC[C@H]1C(=O)[O-])c1ccc(Cl)cc1)[C@@H]1CCC[NH2+]1. The van der Waals surface area contributed by atoms with Crippen molar-refractivity contribution in [2.75, 3.05) is 19.6 Å². The predicted molar refractivity (Wildman–Crippen MR) is 101 cm³/mol. The van der Waals surface area contributed by atoms with E-state index in [4.69, 9.17) is 11.6 Å². The lowest BCUT2D eigenvalue weighted by Crippen LogP contribution is -2.89. The largest absolute Gasteiger partial charge is 0.548 e. The molecule has 1 aromatic carbocycles. The Balaban J connectivity index is 1.68. The lowest BCUT2D eigenvalue weighted by molar-refractivity contribution is -0.657. The first-order chi connectivity index (χ1) is 13.5. The number of carboxylic acid groups (broad SMARTS) is 1. The molecule has 0 spiro atoms. The van der Waals surface area contributed by atoms with Crippen LogP contribution in [0.1, 0.15) is 43.6 Å². The molecule has 7 nitrogen and oxygen atoms in total. The van der Waals surface area contributed by atoms with Gasteiger partial charge in [0.1, 0.15) is 0 Å². The number of amides is 2. The van der Waals surface area contributed by atoms with E-state index in [2.05, 4.69) is 5.32 Å². The van der Waals surface area contributed by atoms with Crippen molar-refractivity contribution in [3.8, 4) is 0 Å². The van der Waals surface area contributed by atoms with Gasteiger partial charge in [-0.25, -0.2) is 0 Å². The van der Waals surface area contributed by atoms with Crippen molar-refractivity contribution in [1.29, 1.82) is 0 Å². The monoisotopic (exact) mass is 407 g/mol. The highest BCUT2D eigenvalue weighted by Crippen LogP contribution is 2.25. The Morgan fingerprint density at radius 2 is 1.96 bits per heavy atom. The highest BCUT2D eigenvalue weighted by Gasteiger charge is 2.32. The van der Waals surface area contributed by atoms with Gasteiger partial charge in [-0.15, -0.1) is 0 Å². The van der Waals surface area contributed by atoms with E-state index in [1.165, 1.54) is 4.90 Å². The molecule has 3 atom stereocenters. The number of carbonyl (C=O) groups is 3. The van der Waals surface area contributed by atoms with Gasteiger partial charge >= 0.3 is 0 Å². The summed E-state index contributed by atoms with van der Waals surface area (Å²) in [6.45, 7) is 1.70. The maximum atomic E-state index is 12.8. The minimum Gasteiger partial charge on any atom is -0.548 e. The molecule has 2 aliphatic rings. The predicted octanol–water partition coefficient (Wildman–Crippen LogP) is -0.603. The summed E-state index contributed by atoms with van der Waals surface area (Å²) in [6, 6.07) is 6.26. The number of rotatable bonds is 7. The molecule has 0 aliphatic carbocycles. The number of hydrogen-bond acceptors (Lipinski definition) is 4. The molecule has 3 rings (SSSR count). The van der Waals surface area contributed by atoms with Gasteiger partial charge in [-0.2, -0.15) is 0 Å². The third-order valence-electron chi connectivity index (χ3n) is 5.64. The number of carbonyl (C=O) groups excluding carboxylic acids is 3. The number of quaternary nitrogens is 1. The summed E-state index contributed by atoms with van der Waals surface area (Å²) >= 11 is 5.97. The van der Waals surface area contributed by atoms with Crippen molar-refractivity contribution in [1.82, 2.24) is 10.2 Å². The van der Waals surface area contributed by atoms with Crippen LogP contribution in [0.5, 0.6) is 0 Å². The van der Waals surface area contributed by atoms with Crippen LogP contribution in [0.15, 0.2) is 24.3 Å². The number of benzene rings is 1. The Morgan fingerprint density at radius 3 is 2.61 bits per heavy atom. The van der Waals surface area contributed by atoms with Crippen molar-refractivity contribution in [3.63, 3.8) is 0 Å². The van der Waals surface area contributed by atoms with Gasteiger partial charge in [0.25, 0.3) is 5.91 Å². The maximum Gasteiger partial charge on any atom is 0.278 e. The highest BCUT2D eigenvalue weighted by molar-refractivity contribution is 6.30. The lowest BCUT2D eigenvalue weighted by Gasteiger charge is -2.28. The van der Waals surface area contributed by atoms with E-state index in [9.17, 15) is 19.5 Å². The Hall–Kier alpha value is -2.12. The zero-order valence-electron chi connectivity index (χ0n) is 15.7. The number of nitrogens with zero attached hydrogens (tertiary/aromatic N) is 1. The quantitative estimate of drug-likeness (QED) is 0.629. The molecule has 2 fully saturated rings. The molecular weight excluding hydrogens is 382 g/mol. The number of halogens is 1. The van der Waals surface area contributed by atoms with Crippen LogP contribution in [-0.4, -0.2) is 54.4 Å². The van der Waals surface area contributed by atoms with Crippen molar-refractivity contribution >= 4 is 29.4 Å². The summed E-state index contributed by atoms with van der Waals surface area (Å²) in [6.07, 6.45) is 3.09. The molecule has 0 saturated carbocycles. The highest BCUT2D eigenvalue weighted by atomic mass is 35.5. The van der Waals surface area contributed by atoms with Gasteiger partial charge in [0.05, 0.1) is 18.6 Å². The van der Waals surface area contributed by atoms with E-state index >= 15 is 0 Å². The first kappa shape index (κ1) is 20.6. The Kier molecular flexibility index (Phi) is 6.91. The molecule has 2 aliphatic heterocycles. The smallest absolute Gasteiger partial charge is 0.278 e. The normalized spacial score (nSPS) is 22.8. The first-order valence-corrected chi connectivity index (χ1v) is 10.2. The van der Waals surface area contributed by atoms with E-state index in [1.807, 2.05) is 17.4 Å². The summed E-state index contributed by atoms with van der Waals surface area (Å²) in [5.74, 6) is -1.71. The third kappa shape index (κ3) is 5.02. The van der Waals surface area contributed by atoms with Gasteiger partial charge in [-0.1, -0.05) is 23.7 Å². The van der Waals surface area contributed by atoms with Crippen molar-refractivity contribution in [2.45, 2.75) is 50.1 Å². The first-order valence-electron chi connectivity index (χ1n) is 9.82. The van der Waals surface area contributed by atoms with Crippen LogP contribution in [-0.2, 0) is 14.4 Å².